The molecule has 0 aliphatic heterocycles. The van der Waals surface area contributed by atoms with Crippen molar-refractivity contribution in [2.45, 2.75) is 51.7 Å². The van der Waals surface area contributed by atoms with E-state index < -0.39 is 35.6 Å². The minimum atomic E-state index is -0.995. The Bertz CT molecular complexity index is 1050. The van der Waals surface area contributed by atoms with Crippen LogP contribution in [0.1, 0.15) is 39.0 Å². The molecule has 0 radical (unpaired) electrons. The number of esters is 1. The van der Waals surface area contributed by atoms with E-state index in [9.17, 15) is 19.2 Å². The first-order valence-electron chi connectivity index (χ1n) is 9.82. The molecule has 1 aromatic heterocycles. The smallest absolute Gasteiger partial charge is 0.328 e. The molecular weight excluding hydrogens is 374 g/mol. The first kappa shape index (κ1) is 20.6. The highest BCUT2D eigenvalue weighted by atomic mass is 16.5. The Kier molecular flexibility index (Phi) is 6.64. The molecule has 8 nitrogen and oxygen atoms in total. The zero-order valence-corrected chi connectivity index (χ0v) is 16.4. The largest absolute Gasteiger partial charge is 0.451 e. The summed E-state index contributed by atoms with van der Waals surface area (Å²) in [4.78, 5) is 48.8. The Morgan fingerprint density at radius 3 is 2.69 bits per heavy atom. The number of amides is 1. The minimum absolute atomic E-state index is 0.215. The van der Waals surface area contributed by atoms with Crippen molar-refractivity contribution in [3.8, 4) is 0 Å². The van der Waals surface area contributed by atoms with Gasteiger partial charge in [0.1, 0.15) is 6.54 Å². The van der Waals surface area contributed by atoms with E-state index in [-0.39, 0.29) is 10.8 Å². The second-order valence-corrected chi connectivity index (χ2v) is 7.16. The number of fused-ring (bicyclic) bond motifs is 1. The SMILES string of the molecule is C[C@H](OC(=O)Cn1[nH]c(=O)c2ccccc2c1=O)C(=O)NCCC1=CCCCC1. The van der Waals surface area contributed by atoms with Crippen LogP contribution in [0.15, 0.2) is 45.5 Å². The van der Waals surface area contributed by atoms with Crippen LogP contribution in [0.3, 0.4) is 0 Å². The molecule has 1 aliphatic rings. The standard InChI is InChI=1S/C21H25N3O5/c1-14(19(26)22-12-11-15-7-3-2-4-8-15)29-18(25)13-24-21(28)17-10-6-5-9-16(17)20(27)23-24/h5-7,9-10,14H,2-4,8,11-13H2,1H3,(H,22,26)(H,23,27)/t14-/m0/s1. The summed E-state index contributed by atoms with van der Waals surface area (Å²) >= 11 is 0. The molecule has 0 fully saturated rings. The Labute approximate surface area is 167 Å². The zero-order valence-electron chi connectivity index (χ0n) is 16.4. The van der Waals surface area contributed by atoms with Gasteiger partial charge in [0.25, 0.3) is 17.0 Å². The van der Waals surface area contributed by atoms with E-state index in [1.165, 1.54) is 37.5 Å². The predicted molar refractivity (Wildman–Crippen MR) is 109 cm³/mol. The van der Waals surface area contributed by atoms with Gasteiger partial charge in [0.15, 0.2) is 6.10 Å². The monoisotopic (exact) mass is 399 g/mol. The normalized spacial score (nSPS) is 14.9. The molecule has 1 aliphatic carbocycles. The molecule has 29 heavy (non-hydrogen) atoms. The summed E-state index contributed by atoms with van der Waals surface area (Å²) in [5.74, 6) is -1.18. The average molecular weight is 399 g/mol. The van der Waals surface area contributed by atoms with Crippen LogP contribution in [-0.2, 0) is 20.9 Å². The van der Waals surface area contributed by atoms with Gasteiger partial charge in [-0.2, -0.15) is 0 Å². The van der Waals surface area contributed by atoms with Crippen molar-refractivity contribution in [1.82, 2.24) is 15.1 Å². The average Bonchev–Trinajstić information content (AvgIpc) is 2.72. The molecule has 0 unspecified atom stereocenters. The van der Waals surface area contributed by atoms with Crippen molar-refractivity contribution in [1.29, 1.82) is 0 Å². The number of nitrogens with one attached hydrogen (secondary N) is 2. The molecule has 0 bridgehead atoms. The molecular formula is C21H25N3O5. The summed E-state index contributed by atoms with van der Waals surface area (Å²) in [7, 11) is 0. The first-order chi connectivity index (χ1) is 14.0. The molecule has 1 aromatic carbocycles. The summed E-state index contributed by atoms with van der Waals surface area (Å²) in [6.07, 6.45) is 6.58. The topological polar surface area (TPSA) is 110 Å². The second-order valence-electron chi connectivity index (χ2n) is 7.16. The van der Waals surface area contributed by atoms with Crippen molar-refractivity contribution in [3.05, 3.63) is 56.6 Å². The van der Waals surface area contributed by atoms with Crippen LogP contribution in [0.25, 0.3) is 10.8 Å². The lowest BCUT2D eigenvalue weighted by molar-refractivity contribution is -0.155. The Morgan fingerprint density at radius 2 is 1.97 bits per heavy atom. The maximum atomic E-state index is 12.4. The number of allylic oxidation sites excluding steroid dienone is 1. The number of hydrogen-bond acceptors (Lipinski definition) is 5. The van der Waals surface area contributed by atoms with Gasteiger partial charge in [-0.1, -0.05) is 23.8 Å². The molecule has 2 N–H and O–H groups in total. The summed E-state index contributed by atoms with van der Waals surface area (Å²) < 4.78 is 6.01. The molecule has 1 heterocycles. The van der Waals surface area contributed by atoms with E-state index in [4.69, 9.17) is 4.74 Å². The number of ether oxygens (including phenoxy) is 1. The molecule has 0 saturated heterocycles. The quantitative estimate of drug-likeness (QED) is 0.543. The van der Waals surface area contributed by atoms with Gasteiger partial charge < -0.3 is 10.1 Å². The van der Waals surface area contributed by atoms with E-state index in [0.29, 0.717) is 6.54 Å². The number of H-pyrrole nitrogens is 1. The fourth-order valence-electron chi connectivity index (χ4n) is 3.40. The lowest BCUT2D eigenvalue weighted by atomic mass is 9.97. The highest BCUT2D eigenvalue weighted by Gasteiger charge is 2.19. The third-order valence-electron chi connectivity index (χ3n) is 4.98. The van der Waals surface area contributed by atoms with Crippen LogP contribution in [0, 0.1) is 0 Å². The molecule has 0 spiro atoms. The Morgan fingerprint density at radius 1 is 1.21 bits per heavy atom. The molecule has 154 valence electrons. The van der Waals surface area contributed by atoms with Crippen LogP contribution in [0.5, 0.6) is 0 Å². The fraction of sp³-hybridized carbons (Fsp3) is 0.429. The van der Waals surface area contributed by atoms with Gasteiger partial charge in [-0.15, -0.1) is 0 Å². The maximum absolute atomic E-state index is 12.4. The van der Waals surface area contributed by atoms with Gasteiger partial charge in [0, 0.05) is 6.54 Å². The summed E-state index contributed by atoms with van der Waals surface area (Å²) in [6.45, 7) is 1.48. The van der Waals surface area contributed by atoms with Crippen LogP contribution in [0.4, 0.5) is 0 Å². The van der Waals surface area contributed by atoms with Crippen molar-refractivity contribution >= 4 is 22.6 Å². The number of carbonyl (C=O) groups excluding carboxylic acids is 2. The first-order valence-corrected chi connectivity index (χ1v) is 9.82. The van der Waals surface area contributed by atoms with Gasteiger partial charge in [-0.05, 0) is 51.2 Å². The molecule has 1 atom stereocenters. The van der Waals surface area contributed by atoms with Crippen molar-refractivity contribution in [2.75, 3.05) is 6.54 Å². The zero-order chi connectivity index (χ0) is 20.8. The lowest BCUT2D eigenvalue weighted by Crippen LogP contribution is -2.38. The van der Waals surface area contributed by atoms with Gasteiger partial charge in [-0.25, -0.2) is 4.68 Å². The summed E-state index contributed by atoms with van der Waals surface area (Å²) in [6, 6.07) is 6.35. The molecule has 2 aromatic rings. The number of hydrogen-bond donors (Lipinski definition) is 2. The van der Waals surface area contributed by atoms with E-state index in [1.807, 2.05) is 0 Å². The summed E-state index contributed by atoms with van der Waals surface area (Å²) in [5.41, 5.74) is 0.367. The predicted octanol–water partition coefficient (Wildman–Crippen LogP) is 1.63. The Balaban J connectivity index is 1.54. The number of rotatable bonds is 7. The summed E-state index contributed by atoms with van der Waals surface area (Å²) in [5, 5.41) is 5.59. The fourth-order valence-corrected chi connectivity index (χ4v) is 3.40. The minimum Gasteiger partial charge on any atom is -0.451 e. The van der Waals surface area contributed by atoms with Crippen molar-refractivity contribution in [2.24, 2.45) is 0 Å². The van der Waals surface area contributed by atoms with E-state index in [0.717, 1.165) is 23.9 Å². The number of carbonyl (C=O) groups is 2. The lowest BCUT2D eigenvalue weighted by Gasteiger charge is -2.16. The highest BCUT2D eigenvalue weighted by Crippen LogP contribution is 2.19. The number of benzene rings is 1. The van der Waals surface area contributed by atoms with E-state index in [1.54, 1.807) is 12.1 Å². The maximum Gasteiger partial charge on any atom is 0.328 e. The van der Waals surface area contributed by atoms with Gasteiger partial charge in [-0.3, -0.25) is 24.3 Å². The van der Waals surface area contributed by atoms with Crippen LogP contribution < -0.4 is 16.4 Å². The van der Waals surface area contributed by atoms with Gasteiger partial charge in [0.2, 0.25) is 0 Å². The second kappa shape index (κ2) is 9.36. The highest BCUT2D eigenvalue weighted by molar-refractivity contribution is 5.83. The van der Waals surface area contributed by atoms with Crippen LogP contribution in [-0.4, -0.2) is 34.3 Å². The molecule has 0 saturated carbocycles. The van der Waals surface area contributed by atoms with Gasteiger partial charge in [0.05, 0.1) is 10.8 Å². The van der Waals surface area contributed by atoms with Crippen LogP contribution >= 0.6 is 0 Å². The van der Waals surface area contributed by atoms with Gasteiger partial charge >= 0.3 is 5.97 Å². The number of aromatic nitrogens is 2. The van der Waals surface area contributed by atoms with Crippen LogP contribution in [0.2, 0.25) is 0 Å². The molecule has 8 heteroatoms. The number of nitrogens with zero attached hydrogens (tertiary/aromatic N) is 1. The van der Waals surface area contributed by atoms with Crippen molar-refractivity contribution in [3.63, 3.8) is 0 Å². The van der Waals surface area contributed by atoms with Crippen molar-refractivity contribution < 1.29 is 14.3 Å². The van der Waals surface area contributed by atoms with E-state index >= 15 is 0 Å². The third-order valence-corrected chi connectivity index (χ3v) is 4.98. The van der Waals surface area contributed by atoms with E-state index in [2.05, 4.69) is 16.5 Å². The number of aromatic amines is 1. The third kappa shape index (κ3) is 5.22. The molecule has 1 amide bonds. The Hall–Kier alpha value is -3.16. The molecule has 3 rings (SSSR count).